The molecule has 4 N–H and O–H groups in total. The van der Waals surface area contributed by atoms with Gasteiger partial charge in [-0.2, -0.15) is 13.2 Å². The van der Waals surface area contributed by atoms with Crippen molar-refractivity contribution >= 4 is 46.3 Å². The van der Waals surface area contributed by atoms with Gasteiger partial charge in [0.15, 0.2) is 0 Å². The number of alkyl halides is 3. The Balaban J connectivity index is 0.702. The van der Waals surface area contributed by atoms with Crippen LogP contribution in [-0.2, 0) is 39.6 Å². The number of rotatable bonds is 21. The fraction of sp³-hybridized carbons (Fsp3) is 0.673. The first-order valence-corrected chi connectivity index (χ1v) is 27.3. The number of benzene rings is 1. The van der Waals surface area contributed by atoms with Crippen molar-refractivity contribution in [2.24, 2.45) is 23.7 Å². The molecule has 3 aromatic rings. The number of amides is 5. The van der Waals surface area contributed by atoms with Gasteiger partial charge in [0.1, 0.15) is 18.2 Å². The predicted octanol–water partition coefficient (Wildman–Crippen LogP) is 6.43. The number of nitrogens with zero attached hydrogens (tertiary/aromatic N) is 6. The van der Waals surface area contributed by atoms with Crippen LogP contribution in [0, 0.1) is 23.7 Å². The summed E-state index contributed by atoms with van der Waals surface area (Å²) in [5, 5.41) is 12.9. The van der Waals surface area contributed by atoms with Crippen molar-refractivity contribution in [3.8, 4) is 0 Å². The fourth-order valence-corrected chi connectivity index (χ4v) is 12.1. The lowest BCUT2D eigenvalue weighted by molar-refractivity contribution is -0.137. The van der Waals surface area contributed by atoms with E-state index in [1.807, 2.05) is 17.0 Å². The lowest BCUT2D eigenvalue weighted by Gasteiger charge is -2.45. The first kappa shape index (κ1) is 55.8. The van der Waals surface area contributed by atoms with Crippen molar-refractivity contribution in [3.05, 3.63) is 60.2 Å². The molecule has 17 nitrogen and oxygen atoms in total. The van der Waals surface area contributed by atoms with E-state index in [4.69, 9.17) is 9.47 Å². The van der Waals surface area contributed by atoms with Crippen LogP contribution in [0.5, 0.6) is 0 Å². The molecule has 1 aromatic carbocycles. The molecule has 410 valence electrons. The number of pyridine rings is 1. The maximum Gasteiger partial charge on any atom is 0.416 e. The highest BCUT2D eigenvalue weighted by Crippen LogP contribution is 2.38. The largest absolute Gasteiger partial charge is 0.416 e. The summed E-state index contributed by atoms with van der Waals surface area (Å²) < 4.78 is 52.8. The molecule has 4 heterocycles. The van der Waals surface area contributed by atoms with Crippen molar-refractivity contribution in [1.82, 2.24) is 45.6 Å². The highest BCUT2D eigenvalue weighted by atomic mass is 19.4. The molecule has 2 saturated heterocycles. The number of ether oxygens (including phenoxy) is 2. The zero-order valence-electron chi connectivity index (χ0n) is 44.0. The van der Waals surface area contributed by atoms with Crippen LogP contribution in [0.25, 0.3) is 10.9 Å². The van der Waals surface area contributed by atoms with Gasteiger partial charge < -0.3 is 45.4 Å². The Morgan fingerprint density at radius 2 is 1.61 bits per heavy atom. The van der Waals surface area contributed by atoms with E-state index < -0.39 is 23.7 Å². The Bertz CT molecular complexity index is 2420. The van der Waals surface area contributed by atoms with Gasteiger partial charge in [-0.3, -0.25) is 29.0 Å². The van der Waals surface area contributed by atoms with Gasteiger partial charge in [-0.1, -0.05) is 6.07 Å². The quantitative estimate of drug-likeness (QED) is 0.0854. The molecule has 5 aliphatic rings. The van der Waals surface area contributed by atoms with Gasteiger partial charge in [0.05, 0.1) is 41.7 Å². The predicted molar refractivity (Wildman–Crippen MR) is 276 cm³/mol. The summed E-state index contributed by atoms with van der Waals surface area (Å²) in [4.78, 5) is 84.9. The van der Waals surface area contributed by atoms with Gasteiger partial charge in [-0.05, 0) is 146 Å². The number of likely N-dealkylation sites (tertiary alicyclic amines) is 2. The molecule has 3 saturated carbocycles. The maximum atomic E-state index is 14.1. The number of fused-ring (bicyclic) bond motifs is 1. The normalized spacial score (nSPS) is 27.5. The molecule has 6 atom stereocenters. The van der Waals surface area contributed by atoms with Crippen LogP contribution in [0.15, 0.2) is 49.1 Å². The zero-order valence-corrected chi connectivity index (χ0v) is 44.0. The molecule has 8 rings (SSSR count). The number of hydrogen-bond donors (Lipinski definition) is 4. The van der Waals surface area contributed by atoms with E-state index in [9.17, 15) is 37.1 Å². The Morgan fingerprint density at radius 3 is 2.31 bits per heavy atom. The summed E-state index contributed by atoms with van der Waals surface area (Å²) in [6, 6.07) is 5.98. The van der Waals surface area contributed by atoms with E-state index in [0.29, 0.717) is 121 Å². The second-order valence-electron chi connectivity index (χ2n) is 22.0. The van der Waals surface area contributed by atoms with Crippen molar-refractivity contribution in [1.29, 1.82) is 0 Å². The molecular weight excluding hydrogens is 970 g/mol. The summed E-state index contributed by atoms with van der Waals surface area (Å²) in [6.07, 6.45) is 10.9. The molecule has 0 unspecified atom stereocenters. The average molecular weight is 1050 g/mol. The second-order valence-corrected chi connectivity index (χ2v) is 22.0. The first-order valence-electron chi connectivity index (χ1n) is 27.3. The molecule has 5 amide bonds. The molecule has 20 heteroatoms. The number of carbonyl (C=O) groups is 5. The number of halogens is 3. The third-order valence-electron chi connectivity index (χ3n) is 16.7. The standard InChI is InChI=1S/C55H77F3N10O7/c1-34(2)66(3)41-18-20-47(68-24-21-45(54(68)73)64-51-42-27-39(55(56,57)58)15-19-44(42)61-33-62-51)46(28-41)65-52(71)37-13-16-40(17-14-37)63-48(69)8-6-25-74-31-35-9-11-36(12-10-35)32-75-26-23-60-53(72)43-29-49(70)67(4)50(43)38-7-5-22-59-30-38/h5,7,15,19,22,27,30,33-37,40-41,43,45-47,50H,6,8-14,16-18,20-21,23-26,28-29,31-32H2,1-4H3,(H,60,72)(H,63,69)(H,65,71)(H,61,62,64)/t35-,36+,37-,40+,41-,43+,45+,46-,47+,50-/m1/s1. The van der Waals surface area contributed by atoms with E-state index in [1.165, 1.54) is 12.4 Å². The molecular formula is C55H77F3N10O7. The summed E-state index contributed by atoms with van der Waals surface area (Å²) in [5.74, 6) is 0.0411. The summed E-state index contributed by atoms with van der Waals surface area (Å²) in [7, 11) is 3.82. The highest BCUT2D eigenvalue weighted by Gasteiger charge is 2.45. The van der Waals surface area contributed by atoms with Crippen LogP contribution in [0.3, 0.4) is 0 Å². The van der Waals surface area contributed by atoms with Gasteiger partial charge >= 0.3 is 6.18 Å². The minimum atomic E-state index is -4.54. The van der Waals surface area contributed by atoms with Crippen molar-refractivity contribution in [2.75, 3.05) is 58.9 Å². The van der Waals surface area contributed by atoms with Crippen molar-refractivity contribution in [2.45, 2.75) is 159 Å². The SMILES string of the molecule is CC(C)N(C)[C@@H]1CC[C@H](N2CC[C@H](Nc3ncnc4ccc(C(F)(F)F)cc34)C2=O)[C@H](NC(=O)[C@H]2CC[C@@H](NC(=O)CCCOC[C@H]3CC[C@@H](COCCNC(=O)[C@H]4CC(=O)N(C)[C@@H]4c4cccnc4)CC3)CC2)C1. The van der Waals surface area contributed by atoms with Crippen LogP contribution in [0.4, 0.5) is 19.0 Å². The monoisotopic (exact) mass is 1050 g/mol. The van der Waals surface area contributed by atoms with Crippen LogP contribution in [-0.4, -0.2) is 149 Å². The van der Waals surface area contributed by atoms with Gasteiger partial charge in [-0.15, -0.1) is 0 Å². The van der Waals surface area contributed by atoms with Crippen molar-refractivity contribution < 1.29 is 46.6 Å². The van der Waals surface area contributed by atoms with E-state index in [2.05, 4.69) is 62.0 Å². The topological polar surface area (TPSA) is 200 Å². The molecule has 0 bridgehead atoms. The van der Waals surface area contributed by atoms with Crippen molar-refractivity contribution in [3.63, 3.8) is 0 Å². The lowest BCUT2D eigenvalue weighted by atomic mass is 9.82. The Kier molecular flexibility index (Phi) is 19.0. The number of nitrogens with one attached hydrogen (secondary N) is 4. The Labute approximate surface area is 438 Å². The molecule has 2 aliphatic heterocycles. The smallest absolute Gasteiger partial charge is 0.381 e. The third kappa shape index (κ3) is 14.3. The minimum Gasteiger partial charge on any atom is -0.381 e. The Hall–Kier alpha value is -5.47. The maximum absolute atomic E-state index is 14.1. The van der Waals surface area contributed by atoms with Gasteiger partial charge in [-0.25, -0.2) is 9.97 Å². The highest BCUT2D eigenvalue weighted by molar-refractivity contribution is 5.93. The van der Waals surface area contributed by atoms with E-state index in [1.54, 1.807) is 24.3 Å². The second kappa shape index (κ2) is 25.6. The lowest BCUT2D eigenvalue weighted by Crippen LogP contribution is -2.59. The molecule has 0 spiro atoms. The van der Waals surface area contributed by atoms with Gasteiger partial charge in [0.2, 0.25) is 29.5 Å². The first-order chi connectivity index (χ1) is 36.0. The van der Waals surface area contributed by atoms with Gasteiger partial charge in [0.25, 0.3) is 0 Å². The Morgan fingerprint density at radius 1 is 0.880 bits per heavy atom. The van der Waals surface area contributed by atoms with Crippen LogP contribution < -0.4 is 21.3 Å². The average Bonchev–Trinajstić information content (AvgIpc) is 3.92. The third-order valence-corrected chi connectivity index (χ3v) is 16.7. The van der Waals surface area contributed by atoms with E-state index in [0.717, 1.165) is 49.8 Å². The number of carbonyl (C=O) groups excluding carboxylic acids is 5. The van der Waals surface area contributed by atoms with Crippen LogP contribution in [0.2, 0.25) is 0 Å². The fourth-order valence-electron chi connectivity index (χ4n) is 12.1. The molecule has 5 fully saturated rings. The number of aromatic nitrogens is 3. The molecule has 0 radical (unpaired) electrons. The van der Waals surface area contributed by atoms with Crippen LogP contribution in [0.1, 0.15) is 127 Å². The van der Waals surface area contributed by atoms with Gasteiger partial charge in [0, 0.05) is 94.6 Å². The van der Waals surface area contributed by atoms with Crippen LogP contribution >= 0.6 is 0 Å². The molecule has 2 aromatic heterocycles. The summed E-state index contributed by atoms with van der Waals surface area (Å²) >= 11 is 0. The van der Waals surface area contributed by atoms with E-state index >= 15 is 0 Å². The number of anilines is 1. The zero-order chi connectivity index (χ0) is 53.2. The number of hydrogen-bond acceptors (Lipinski definition) is 12. The molecule has 3 aliphatic carbocycles. The molecule has 75 heavy (non-hydrogen) atoms. The minimum absolute atomic E-state index is 0.00222. The summed E-state index contributed by atoms with van der Waals surface area (Å²) in [6.45, 7) is 7.37. The van der Waals surface area contributed by atoms with E-state index in [-0.39, 0.29) is 83.3 Å². The summed E-state index contributed by atoms with van der Waals surface area (Å²) in [5.41, 5.74) is 0.369.